The van der Waals surface area contributed by atoms with Crippen LogP contribution in [0.25, 0.3) is 0 Å². The number of nitrogens with one attached hydrogen (secondary N) is 1. The molecule has 1 atom stereocenters. The van der Waals surface area contributed by atoms with Gasteiger partial charge in [0.25, 0.3) is 0 Å². The summed E-state index contributed by atoms with van der Waals surface area (Å²) in [6.07, 6.45) is 1.65. The summed E-state index contributed by atoms with van der Waals surface area (Å²) in [4.78, 5) is 0. The monoisotopic (exact) mass is 244 g/mol. The number of hydrogen-bond donors (Lipinski definition) is 3. The highest BCUT2D eigenvalue weighted by molar-refractivity contribution is 5.66. The molecule has 96 valence electrons. The van der Waals surface area contributed by atoms with Gasteiger partial charge in [-0.15, -0.1) is 0 Å². The Bertz CT molecular complexity index is 372. The van der Waals surface area contributed by atoms with Crippen molar-refractivity contribution in [1.29, 1.82) is 0 Å². The summed E-state index contributed by atoms with van der Waals surface area (Å²) in [5, 5.41) is 11.7. The van der Waals surface area contributed by atoms with E-state index in [1.165, 1.54) is 6.07 Å². The Morgan fingerprint density at radius 1 is 1.41 bits per heavy atom. The van der Waals surface area contributed by atoms with E-state index in [1.807, 2.05) is 6.92 Å². The Morgan fingerprint density at radius 2 is 2.12 bits per heavy atom. The minimum Gasteiger partial charge on any atom is -0.396 e. The fraction of sp³-hybridized carbons (Fsp3) is 0.500. The molecule has 3 nitrogen and oxygen atoms in total. The number of anilines is 2. The smallest absolute Gasteiger partial charge is 0.151 e. The maximum Gasteiger partial charge on any atom is 0.151 e. The van der Waals surface area contributed by atoms with Crippen LogP contribution in [-0.2, 0) is 0 Å². The predicted octanol–water partition coefficient (Wildman–Crippen LogP) is 2.37. The van der Waals surface area contributed by atoms with Crippen LogP contribution in [0.1, 0.15) is 19.8 Å². The van der Waals surface area contributed by atoms with Crippen molar-refractivity contribution in [3.8, 4) is 0 Å². The van der Waals surface area contributed by atoms with Gasteiger partial charge in [0, 0.05) is 19.2 Å². The first kappa shape index (κ1) is 13.7. The maximum absolute atomic E-state index is 13.1. The maximum atomic E-state index is 13.1. The van der Waals surface area contributed by atoms with Gasteiger partial charge in [0.2, 0.25) is 0 Å². The van der Waals surface area contributed by atoms with E-state index < -0.39 is 11.6 Å². The van der Waals surface area contributed by atoms with Crippen molar-refractivity contribution in [1.82, 2.24) is 0 Å². The van der Waals surface area contributed by atoms with Crippen molar-refractivity contribution >= 4 is 11.4 Å². The first-order valence-electron chi connectivity index (χ1n) is 5.63. The Balaban J connectivity index is 2.47. The summed E-state index contributed by atoms with van der Waals surface area (Å²) in [5.74, 6) is -1.17. The quantitative estimate of drug-likeness (QED) is 0.532. The van der Waals surface area contributed by atoms with Gasteiger partial charge >= 0.3 is 0 Å². The van der Waals surface area contributed by atoms with Gasteiger partial charge in [-0.3, -0.25) is 0 Å². The number of rotatable bonds is 6. The predicted molar refractivity (Wildman–Crippen MR) is 64.7 cm³/mol. The highest BCUT2D eigenvalue weighted by Crippen LogP contribution is 2.23. The SMILES string of the molecule is CC(CO)CCCNc1cc(F)cc(F)c1N. The van der Waals surface area contributed by atoms with Crippen LogP contribution >= 0.6 is 0 Å². The van der Waals surface area contributed by atoms with E-state index in [0.29, 0.717) is 6.54 Å². The largest absolute Gasteiger partial charge is 0.396 e. The molecule has 1 aromatic rings. The Hall–Kier alpha value is -1.36. The molecule has 0 saturated heterocycles. The van der Waals surface area contributed by atoms with Gasteiger partial charge in [0.1, 0.15) is 5.82 Å². The third kappa shape index (κ3) is 4.19. The van der Waals surface area contributed by atoms with Crippen molar-refractivity contribution in [3.05, 3.63) is 23.8 Å². The van der Waals surface area contributed by atoms with Gasteiger partial charge in [0.15, 0.2) is 5.82 Å². The Labute approximate surface area is 99.6 Å². The lowest BCUT2D eigenvalue weighted by Gasteiger charge is -2.11. The summed E-state index contributed by atoms with van der Waals surface area (Å²) in [5.41, 5.74) is 5.68. The second-order valence-electron chi connectivity index (χ2n) is 4.21. The normalized spacial score (nSPS) is 12.5. The lowest BCUT2D eigenvalue weighted by Crippen LogP contribution is -2.08. The molecule has 1 unspecified atom stereocenters. The molecule has 0 aromatic heterocycles. The van der Waals surface area contributed by atoms with E-state index in [-0.39, 0.29) is 23.9 Å². The fourth-order valence-corrected chi connectivity index (χ4v) is 1.50. The standard InChI is InChI=1S/C12H18F2N2O/c1-8(7-17)3-2-4-16-11-6-9(13)5-10(14)12(11)15/h5-6,8,16-17H,2-4,7,15H2,1H3. The van der Waals surface area contributed by atoms with Gasteiger partial charge in [-0.1, -0.05) is 6.92 Å². The molecule has 0 bridgehead atoms. The number of nitrogens with two attached hydrogens (primary N) is 1. The average Bonchev–Trinajstić information content (AvgIpc) is 2.30. The summed E-state index contributed by atoms with van der Waals surface area (Å²) in [7, 11) is 0. The van der Waals surface area contributed by atoms with E-state index >= 15 is 0 Å². The molecule has 5 heteroatoms. The van der Waals surface area contributed by atoms with E-state index in [0.717, 1.165) is 18.9 Å². The van der Waals surface area contributed by atoms with Crippen LogP contribution in [0.15, 0.2) is 12.1 Å². The molecular weight excluding hydrogens is 226 g/mol. The number of hydrogen-bond acceptors (Lipinski definition) is 3. The van der Waals surface area contributed by atoms with Crippen LogP contribution in [0.5, 0.6) is 0 Å². The third-order valence-electron chi connectivity index (χ3n) is 2.60. The minimum atomic E-state index is -0.753. The molecule has 0 heterocycles. The molecule has 1 rings (SSSR count). The number of benzene rings is 1. The average molecular weight is 244 g/mol. The summed E-state index contributed by atoms with van der Waals surface area (Å²) in [6.45, 7) is 2.66. The van der Waals surface area contributed by atoms with Crippen LogP contribution in [0, 0.1) is 17.6 Å². The van der Waals surface area contributed by atoms with Gasteiger partial charge in [-0.2, -0.15) is 0 Å². The second-order valence-corrected chi connectivity index (χ2v) is 4.21. The first-order chi connectivity index (χ1) is 8.04. The van der Waals surface area contributed by atoms with Gasteiger partial charge < -0.3 is 16.2 Å². The number of aliphatic hydroxyl groups is 1. The zero-order valence-corrected chi connectivity index (χ0v) is 9.84. The van der Waals surface area contributed by atoms with Crippen molar-refractivity contribution in [3.63, 3.8) is 0 Å². The van der Waals surface area contributed by atoms with E-state index in [4.69, 9.17) is 10.8 Å². The molecule has 1 aromatic carbocycles. The fourth-order valence-electron chi connectivity index (χ4n) is 1.50. The number of aliphatic hydroxyl groups excluding tert-OH is 1. The van der Waals surface area contributed by atoms with Crippen molar-refractivity contribution in [2.45, 2.75) is 19.8 Å². The highest BCUT2D eigenvalue weighted by Gasteiger charge is 2.07. The zero-order valence-electron chi connectivity index (χ0n) is 9.84. The summed E-state index contributed by atoms with van der Waals surface area (Å²) in [6, 6.07) is 1.93. The lowest BCUT2D eigenvalue weighted by molar-refractivity contribution is 0.229. The van der Waals surface area contributed by atoms with E-state index in [2.05, 4.69) is 5.32 Å². The Kier molecular flexibility index (Phi) is 5.15. The number of halogens is 2. The second kappa shape index (κ2) is 6.39. The van der Waals surface area contributed by atoms with Crippen LogP contribution in [0.4, 0.5) is 20.2 Å². The molecule has 0 amide bonds. The summed E-state index contributed by atoms with van der Waals surface area (Å²) < 4.78 is 26.0. The molecule has 0 aliphatic rings. The molecule has 0 aliphatic carbocycles. The molecule has 0 aliphatic heterocycles. The third-order valence-corrected chi connectivity index (χ3v) is 2.60. The van der Waals surface area contributed by atoms with Crippen LogP contribution in [0.2, 0.25) is 0 Å². The molecule has 0 spiro atoms. The summed E-state index contributed by atoms with van der Waals surface area (Å²) >= 11 is 0. The zero-order chi connectivity index (χ0) is 12.8. The highest BCUT2D eigenvalue weighted by atomic mass is 19.1. The van der Waals surface area contributed by atoms with Crippen molar-refractivity contribution in [2.75, 3.05) is 24.2 Å². The van der Waals surface area contributed by atoms with E-state index in [1.54, 1.807) is 0 Å². The molecule has 4 N–H and O–H groups in total. The first-order valence-corrected chi connectivity index (χ1v) is 5.63. The van der Waals surface area contributed by atoms with Crippen molar-refractivity contribution < 1.29 is 13.9 Å². The topological polar surface area (TPSA) is 58.3 Å². The molecule has 0 radical (unpaired) electrons. The van der Waals surface area contributed by atoms with Crippen LogP contribution in [-0.4, -0.2) is 18.3 Å². The molecular formula is C12H18F2N2O. The van der Waals surface area contributed by atoms with E-state index in [9.17, 15) is 8.78 Å². The van der Waals surface area contributed by atoms with Crippen LogP contribution < -0.4 is 11.1 Å². The lowest BCUT2D eigenvalue weighted by atomic mass is 10.1. The van der Waals surface area contributed by atoms with Crippen LogP contribution in [0.3, 0.4) is 0 Å². The molecule has 0 saturated carbocycles. The van der Waals surface area contributed by atoms with Gasteiger partial charge in [-0.05, 0) is 24.8 Å². The van der Waals surface area contributed by atoms with Gasteiger partial charge in [0.05, 0.1) is 11.4 Å². The number of nitrogen functional groups attached to an aromatic ring is 1. The Morgan fingerprint density at radius 3 is 2.76 bits per heavy atom. The van der Waals surface area contributed by atoms with Gasteiger partial charge in [-0.25, -0.2) is 8.78 Å². The minimum absolute atomic E-state index is 0.0680. The molecule has 0 fully saturated rings. The molecule has 17 heavy (non-hydrogen) atoms. The van der Waals surface area contributed by atoms with Crippen molar-refractivity contribution in [2.24, 2.45) is 5.92 Å².